The average Bonchev–Trinajstić information content (AvgIpc) is 2.61. The van der Waals surface area contributed by atoms with Crippen molar-refractivity contribution < 1.29 is 9.47 Å². The summed E-state index contributed by atoms with van der Waals surface area (Å²) in [6.45, 7) is 1.11. The number of benzene rings is 2. The highest BCUT2D eigenvalue weighted by Crippen LogP contribution is 2.17. The molecular formula is C18H18N2O3. The van der Waals surface area contributed by atoms with E-state index in [9.17, 15) is 4.79 Å². The quantitative estimate of drug-likeness (QED) is 0.657. The lowest BCUT2D eigenvalue weighted by molar-refractivity contribution is 0.300. The molecule has 5 nitrogen and oxygen atoms in total. The molecule has 3 aromatic rings. The second kappa shape index (κ2) is 6.96. The first-order valence-corrected chi connectivity index (χ1v) is 7.49. The monoisotopic (exact) mass is 310 g/mol. The molecule has 0 bridgehead atoms. The van der Waals surface area contributed by atoms with E-state index in [4.69, 9.17) is 9.47 Å². The van der Waals surface area contributed by atoms with E-state index in [0.29, 0.717) is 18.5 Å². The maximum absolute atomic E-state index is 12.3. The third-order valence-electron chi connectivity index (χ3n) is 3.60. The average molecular weight is 310 g/mol. The molecule has 0 atom stereocenters. The Kier molecular flexibility index (Phi) is 4.57. The van der Waals surface area contributed by atoms with Gasteiger partial charge in [0.25, 0.3) is 5.56 Å². The number of hydrogen-bond donors (Lipinski definition) is 0. The lowest BCUT2D eigenvalue weighted by Gasteiger charge is -2.09. The van der Waals surface area contributed by atoms with E-state index in [0.717, 1.165) is 23.4 Å². The fourth-order valence-corrected chi connectivity index (χ4v) is 2.36. The second-order valence-corrected chi connectivity index (χ2v) is 5.14. The molecule has 0 aliphatic heterocycles. The van der Waals surface area contributed by atoms with Crippen LogP contribution in [0, 0.1) is 0 Å². The number of aromatic nitrogens is 2. The van der Waals surface area contributed by atoms with E-state index in [1.54, 1.807) is 24.1 Å². The van der Waals surface area contributed by atoms with Crippen molar-refractivity contribution in [2.45, 2.75) is 13.0 Å². The third kappa shape index (κ3) is 3.51. The standard InChI is InChI=1S/C18H18N2O3/c1-22-14-7-9-15(10-8-14)23-12-4-11-20-13-19-17-6-3-2-5-16(17)18(20)21/h2-3,5-10,13H,4,11-12H2,1H3. The largest absolute Gasteiger partial charge is 0.497 e. The van der Waals surface area contributed by atoms with E-state index < -0.39 is 0 Å². The lowest BCUT2D eigenvalue weighted by atomic mass is 10.2. The van der Waals surface area contributed by atoms with E-state index >= 15 is 0 Å². The van der Waals surface area contributed by atoms with Crippen LogP contribution < -0.4 is 15.0 Å². The van der Waals surface area contributed by atoms with Gasteiger partial charge < -0.3 is 9.47 Å². The number of ether oxygens (including phenoxy) is 2. The van der Waals surface area contributed by atoms with Crippen molar-refractivity contribution in [3.63, 3.8) is 0 Å². The molecule has 0 aliphatic carbocycles. The van der Waals surface area contributed by atoms with Crippen molar-refractivity contribution in [2.24, 2.45) is 0 Å². The molecule has 0 amide bonds. The fourth-order valence-electron chi connectivity index (χ4n) is 2.36. The highest BCUT2D eigenvalue weighted by molar-refractivity contribution is 5.76. The van der Waals surface area contributed by atoms with Gasteiger partial charge in [0.2, 0.25) is 0 Å². The Labute approximate surface area is 134 Å². The Hall–Kier alpha value is -2.82. The minimum atomic E-state index is -0.0138. The van der Waals surface area contributed by atoms with Crippen molar-refractivity contribution in [2.75, 3.05) is 13.7 Å². The molecular weight excluding hydrogens is 292 g/mol. The zero-order valence-corrected chi connectivity index (χ0v) is 12.9. The van der Waals surface area contributed by atoms with Crippen LogP contribution in [0.25, 0.3) is 10.9 Å². The zero-order chi connectivity index (χ0) is 16.1. The smallest absolute Gasteiger partial charge is 0.261 e. The van der Waals surface area contributed by atoms with Gasteiger partial charge in [-0.1, -0.05) is 12.1 Å². The number of methoxy groups -OCH3 is 1. The van der Waals surface area contributed by atoms with Gasteiger partial charge in [-0.15, -0.1) is 0 Å². The zero-order valence-electron chi connectivity index (χ0n) is 12.9. The molecule has 0 fully saturated rings. The van der Waals surface area contributed by atoms with Gasteiger partial charge in [0, 0.05) is 6.54 Å². The topological polar surface area (TPSA) is 53.4 Å². The number of rotatable bonds is 6. The van der Waals surface area contributed by atoms with Gasteiger partial charge >= 0.3 is 0 Å². The maximum atomic E-state index is 12.3. The molecule has 0 saturated carbocycles. The van der Waals surface area contributed by atoms with Crippen LogP contribution in [0.4, 0.5) is 0 Å². The van der Waals surface area contributed by atoms with Crippen molar-refractivity contribution >= 4 is 10.9 Å². The van der Waals surface area contributed by atoms with E-state index in [2.05, 4.69) is 4.98 Å². The van der Waals surface area contributed by atoms with Crippen LogP contribution >= 0.6 is 0 Å². The summed E-state index contributed by atoms with van der Waals surface area (Å²) in [6, 6.07) is 14.8. The van der Waals surface area contributed by atoms with Crippen LogP contribution in [0.5, 0.6) is 11.5 Å². The first-order chi connectivity index (χ1) is 11.3. The Bertz CT molecular complexity index is 841. The van der Waals surface area contributed by atoms with Gasteiger partial charge in [0.1, 0.15) is 11.5 Å². The molecule has 23 heavy (non-hydrogen) atoms. The molecule has 0 radical (unpaired) electrons. The highest BCUT2D eigenvalue weighted by atomic mass is 16.5. The number of aryl methyl sites for hydroxylation is 1. The van der Waals surface area contributed by atoms with Gasteiger partial charge in [-0.3, -0.25) is 9.36 Å². The second-order valence-electron chi connectivity index (χ2n) is 5.14. The summed E-state index contributed by atoms with van der Waals surface area (Å²) in [5.74, 6) is 1.58. The van der Waals surface area contributed by atoms with E-state index in [1.165, 1.54) is 0 Å². The summed E-state index contributed by atoms with van der Waals surface area (Å²) in [4.78, 5) is 16.6. The summed E-state index contributed by atoms with van der Waals surface area (Å²) in [5.41, 5.74) is 0.711. The molecule has 0 saturated heterocycles. The molecule has 0 unspecified atom stereocenters. The number of para-hydroxylation sites is 1. The predicted octanol–water partition coefficient (Wildman–Crippen LogP) is 2.87. The molecule has 5 heteroatoms. The van der Waals surface area contributed by atoms with Gasteiger partial charge in [-0.2, -0.15) is 0 Å². The minimum Gasteiger partial charge on any atom is -0.497 e. The number of nitrogens with zero attached hydrogens (tertiary/aromatic N) is 2. The lowest BCUT2D eigenvalue weighted by Crippen LogP contribution is -2.21. The van der Waals surface area contributed by atoms with Gasteiger partial charge in [0.15, 0.2) is 0 Å². The van der Waals surface area contributed by atoms with Crippen LogP contribution in [0.15, 0.2) is 59.7 Å². The first-order valence-electron chi connectivity index (χ1n) is 7.49. The van der Waals surface area contributed by atoms with Crippen molar-refractivity contribution in [3.8, 4) is 11.5 Å². The van der Waals surface area contributed by atoms with Gasteiger partial charge in [-0.25, -0.2) is 4.98 Å². The molecule has 3 rings (SSSR count). The summed E-state index contributed by atoms with van der Waals surface area (Å²) in [5, 5.41) is 0.645. The molecule has 1 heterocycles. The van der Waals surface area contributed by atoms with Crippen molar-refractivity contribution in [1.82, 2.24) is 9.55 Å². The molecule has 0 N–H and O–H groups in total. The normalized spacial score (nSPS) is 10.7. The highest BCUT2D eigenvalue weighted by Gasteiger charge is 2.03. The van der Waals surface area contributed by atoms with Crippen LogP contribution in [-0.2, 0) is 6.54 Å². The molecule has 2 aromatic carbocycles. The molecule has 0 spiro atoms. The first kappa shape index (κ1) is 15.1. The fraction of sp³-hybridized carbons (Fsp3) is 0.222. The van der Waals surface area contributed by atoms with Crippen molar-refractivity contribution in [1.29, 1.82) is 0 Å². The number of fused-ring (bicyclic) bond motifs is 1. The molecule has 118 valence electrons. The van der Waals surface area contributed by atoms with Crippen LogP contribution in [0.3, 0.4) is 0 Å². The number of hydrogen-bond acceptors (Lipinski definition) is 4. The minimum absolute atomic E-state index is 0.0138. The van der Waals surface area contributed by atoms with E-state index in [1.807, 2.05) is 42.5 Å². The Morgan fingerprint density at radius 1 is 1.04 bits per heavy atom. The van der Waals surface area contributed by atoms with Crippen LogP contribution in [0.1, 0.15) is 6.42 Å². The maximum Gasteiger partial charge on any atom is 0.261 e. The predicted molar refractivity (Wildman–Crippen MR) is 89.1 cm³/mol. The Balaban J connectivity index is 1.58. The van der Waals surface area contributed by atoms with Crippen molar-refractivity contribution in [3.05, 3.63) is 65.2 Å². The Morgan fingerprint density at radius 3 is 2.57 bits per heavy atom. The summed E-state index contributed by atoms with van der Waals surface area (Å²) >= 11 is 0. The van der Waals surface area contributed by atoms with E-state index in [-0.39, 0.29) is 5.56 Å². The van der Waals surface area contributed by atoms with Crippen LogP contribution in [-0.4, -0.2) is 23.3 Å². The summed E-state index contributed by atoms with van der Waals surface area (Å²) < 4.78 is 12.4. The molecule has 1 aromatic heterocycles. The third-order valence-corrected chi connectivity index (χ3v) is 3.60. The molecule has 0 aliphatic rings. The van der Waals surface area contributed by atoms with Gasteiger partial charge in [0.05, 0.1) is 30.9 Å². The van der Waals surface area contributed by atoms with Crippen LogP contribution in [0.2, 0.25) is 0 Å². The SMILES string of the molecule is COc1ccc(OCCCn2cnc3ccccc3c2=O)cc1. The van der Waals surface area contributed by atoms with Gasteiger partial charge in [-0.05, 0) is 42.8 Å². The Morgan fingerprint density at radius 2 is 1.78 bits per heavy atom. The summed E-state index contributed by atoms with van der Waals surface area (Å²) in [6.07, 6.45) is 2.32. The summed E-state index contributed by atoms with van der Waals surface area (Å²) in [7, 11) is 1.63.